The van der Waals surface area contributed by atoms with Crippen LogP contribution in [0, 0.1) is 0 Å². The zero-order valence-corrected chi connectivity index (χ0v) is 4.57. The third kappa shape index (κ3) is 1.24. The quantitative estimate of drug-likeness (QED) is 0.506. The zero-order chi connectivity index (χ0) is 5.11. The molecule has 1 aliphatic rings. The molecule has 2 heteroatoms. The summed E-state index contributed by atoms with van der Waals surface area (Å²) in [6.07, 6.45) is 6.49. The van der Waals surface area contributed by atoms with Crippen molar-refractivity contribution in [2.45, 2.75) is 6.42 Å². The molecular formula is C5H6ClN. The predicted molar refractivity (Wildman–Crippen MR) is 30.8 cm³/mol. The van der Waals surface area contributed by atoms with Gasteiger partial charge >= 0.3 is 0 Å². The molecule has 1 heterocycles. The summed E-state index contributed by atoms with van der Waals surface area (Å²) < 4.78 is 0. The van der Waals surface area contributed by atoms with Crippen LogP contribution in [0.1, 0.15) is 6.42 Å². The lowest BCUT2D eigenvalue weighted by Gasteiger charge is -1.98. The number of dihydropyridines is 1. The number of nitrogens with one attached hydrogen (secondary N) is 1. The SMILES string of the molecule is ClC1=CNC=CC1. The van der Waals surface area contributed by atoms with E-state index in [1.165, 1.54) is 0 Å². The highest BCUT2D eigenvalue weighted by molar-refractivity contribution is 6.29. The second-order valence-electron chi connectivity index (χ2n) is 1.36. The minimum absolute atomic E-state index is 0.863. The van der Waals surface area contributed by atoms with E-state index in [1.807, 2.05) is 12.3 Å². The highest BCUT2D eigenvalue weighted by Gasteiger charge is 1.89. The number of allylic oxidation sites excluding steroid dienone is 2. The molecule has 7 heavy (non-hydrogen) atoms. The molecule has 0 saturated heterocycles. The summed E-state index contributed by atoms with van der Waals surface area (Å²) in [6, 6.07) is 0. The summed E-state index contributed by atoms with van der Waals surface area (Å²) in [6.45, 7) is 0. The Bertz CT molecular complexity index is 115. The molecule has 1 rings (SSSR count). The Morgan fingerprint density at radius 1 is 1.71 bits per heavy atom. The Balaban J connectivity index is 2.50. The van der Waals surface area contributed by atoms with Gasteiger partial charge in [-0.1, -0.05) is 17.7 Å². The fraction of sp³-hybridized carbons (Fsp3) is 0.200. The van der Waals surface area contributed by atoms with Crippen LogP contribution in [0.4, 0.5) is 0 Å². The van der Waals surface area contributed by atoms with E-state index in [9.17, 15) is 0 Å². The van der Waals surface area contributed by atoms with Crippen molar-refractivity contribution in [1.29, 1.82) is 0 Å². The first kappa shape index (κ1) is 4.72. The van der Waals surface area contributed by atoms with Crippen LogP contribution in [-0.4, -0.2) is 0 Å². The van der Waals surface area contributed by atoms with E-state index in [0.717, 1.165) is 11.5 Å². The first-order valence-corrected chi connectivity index (χ1v) is 2.53. The van der Waals surface area contributed by atoms with Crippen LogP contribution in [0.15, 0.2) is 23.5 Å². The van der Waals surface area contributed by atoms with E-state index in [0.29, 0.717) is 0 Å². The van der Waals surface area contributed by atoms with Gasteiger partial charge in [0.25, 0.3) is 0 Å². The molecule has 0 unspecified atom stereocenters. The van der Waals surface area contributed by atoms with Crippen LogP contribution in [0.5, 0.6) is 0 Å². The fourth-order valence-electron chi connectivity index (χ4n) is 0.437. The van der Waals surface area contributed by atoms with Gasteiger partial charge in [0, 0.05) is 17.7 Å². The number of rotatable bonds is 0. The van der Waals surface area contributed by atoms with Crippen molar-refractivity contribution in [3.05, 3.63) is 23.5 Å². The maximum atomic E-state index is 5.56. The first-order valence-electron chi connectivity index (χ1n) is 2.15. The highest BCUT2D eigenvalue weighted by atomic mass is 35.5. The van der Waals surface area contributed by atoms with Crippen molar-refractivity contribution in [3.8, 4) is 0 Å². The molecule has 0 aromatic carbocycles. The van der Waals surface area contributed by atoms with Gasteiger partial charge in [-0.3, -0.25) is 0 Å². The van der Waals surface area contributed by atoms with Gasteiger partial charge in [0.1, 0.15) is 0 Å². The molecule has 0 bridgehead atoms. The minimum Gasteiger partial charge on any atom is -0.367 e. The number of hydrogen-bond donors (Lipinski definition) is 1. The highest BCUT2D eigenvalue weighted by Crippen LogP contribution is 2.08. The fourth-order valence-corrected chi connectivity index (χ4v) is 0.589. The van der Waals surface area contributed by atoms with Gasteiger partial charge in [-0.05, 0) is 6.20 Å². The van der Waals surface area contributed by atoms with E-state index < -0.39 is 0 Å². The van der Waals surface area contributed by atoms with Crippen LogP contribution < -0.4 is 5.32 Å². The lowest BCUT2D eigenvalue weighted by molar-refractivity contribution is 1.10. The average molecular weight is 116 g/mol. The standard InChI is InChI=1S/C5H6ClN/c6-5-2-1-3-7-4-5/h1,3-4,7H,2H2. The van der Waals surface area contributed by atoms with Gasteiger partial charge in [0.05, 0.1) is 0 Å². The van der Waals surface area contributed by atoms with Crippen molar-refractivity contribution in [2.75, 3.05) is 0 Å². The smallest absolute Gasteiger partial charge is 0.0378 e. The third-order valence-electron chi connectivity index (χ3n) is 0.767. The van der Waals surface area contributed by atoms with Gasteiger partial charge in [-0.15, -0.1) is 0 Å². The van der Waals surface area contributed by atoms with Crippen molar-refractivity contribution in [2.24, 2.45) is 0 Å². The average Bonchev–Trinajstić information content (AvgIpc) is 1.69. The first-order chi connectivity index (χ1) is 3.39. The summed E-state index contributed by atoms with van der Waals surface area (Å²) in [5.41, 5.74) is 0. The van der Waals surface area contributed by atoms with Crippen molar-refractivity contribution >= 4 is 11.6 Å². The van der Waals surface area contributed by atoms with Crippen LogP contribution in [0.3, 0.4) is 0 Å². The Morgan fingerprint density at radius 3 is 2.86 bits per heavy atom. The molecule has 1 N–H and O–H groups in total. The molecule has 0 atom stereocenters. The molecular weight excluding hydrogens is 110 g/mol. The van der Waals surface area contributed by atoms with Crippen molar-refractivity contribution in [3.63, 3.8) is 0 Å². The molecule has 0 aromatic rings. The minimum atomic E-state index is 0.863. The zero-order valence-electron chi connectivity index (χ0n) is 3.82. The molecule has 0 saturated carbocycles. The van der Waals surface area contributed by atoms with Gasteiger partial charge < -0.3 is 5.32 Å². The maximum absolute atomic E-state index is 5.56. The third-order valence-corrected chi connectivity index (χ3v) is 1.03. The Morgan fingerprint density at radius 2 is 2.57 bits per heavy atom. The number of halogens is 1. The van der Waals surface area contributed by atoms with Gasteiger partial charge in [0.2, 0.25) is 0 Å². The molecule has 1 nitrogen and oxygen atoms in total. The molecule has 0 spiro atoms. The summed E-state index contributed by atoms with van der Waals surface area (Å²) >= 11 is 5.56. The van der Waals surface area contributed by atoms with Crippen LogP contribution in [0.25, 0.3) is 0 Å². The Hall–Kier alpha value is -0.430. The Labute approximate surface area is 47.7 Å². The number of hydrogen-bond acceptors (Lipinski definition) is 1. The molecule has 38 valence electrons. The van der Waals surface area contributed by atoms with E-state index in [1.54, 1.807) is 6.20 Å². The van der Waals surface area contributed by atoms with Gasteiger partial charge in [-0.25, -0.2) is 0 Å². The van der Waals surface area contributed by atoms with Gasteiger partial charge in [-0.2, -0.15) is 0 Å². The second-order valence-corrected chi connectivity index (χ2v) is 1.85. The molecule has 0 fully saturated rings. The molecule has 0 radical (unpaired) electrons. The van der Waals surface area contributed by atoms with E-state index >= 15 is 0 Å². The Kier molecular flexibility index (Phi) is 1.37. The summed E-state index contributed by atoms with van der Waals surface area (Å²) in [7, 11) is 0. The van der Waals surface area contributed by atoms with Crippen molar-refractivity contribution in [1.82, 2.24) is 5.32 Å². The largest absolute Gasteiger partial charge is 0.367 e. The predicted octanol–water partition coefficient (Wildman–Crippen LogP) is 1.57. The van der Waals surface area contributed by atoms with E-state index in [-0.39, 0.29) is 0 Å². The maximum Gasteiger partial charge on any atom is 0.0378 e. The summed E-state index contributed by atoms with van der Waals surface area (Å²) in [5, 5.41) is 3.72. The molecule has 0 aliphatic carbocycles. The lowest BCUT2D eigenvalue weighted by atomic mass is 10.3. The van der Waals surface area contributed by atoms with Gasteiger partial charge in [0.15, 0.2) is 0 Å². The molecule has 1 aliphatic heterocycles. The normalized spacial score (nSPS) is 18.1. The second kappa shape index (κ2) is 2.03. The summed E-state index contributed by atoms with van der Waals surface area (Å²) in [4.78, 5) is 0. The van der Waals surface area contributed by atoms with E-state index in [4.69, 9.17) is 11.6 Å². The van der Waals surface area contributed by atoms with Crippen LogP contribution in [-0.2, 0) is 0 Å². The summed E-state index contributed by atoms with van der Waals surface area (Å²) in [5.74, 6) is 0. The lowest BCUT2D eigenvalue weighted by Crippen LogP contribution is -1.96. The molecule has 0 amide bonds. The molecule has 0 aromatic heterocycles. The van der Waals surface area contributed by atoms with Crippen LogP contribution >= 0.6 is 11.6 Å². The van der Waals surface area contributed by atoms with Crippen LogP contribution in [0.2, 0.25) is 0 Å². The van der Waals surface area contributed by atoms with E-state index in [2.05, 4.69) is 5.32 Å². The van der Waals surface area contributed by atoms with Crippen molar-refractivity contribution < 1.29 is 0 Å². The topological polar surface area (TPSA) is 12.0 Å². The monoisotopic (exact) mass is 115 g/mol.